The first kappa shape index (κ1) is 10.9. The van der Waals surface area contributed by atoms with Crippen molar-refractivity contribution in [3.05, 3.63) is 0 Å². The first-order valence-corrected chi connectivity index (χ1v) is 5.53. The third kappa shape index (κ3) is 1.76. The van der Waals surface area contributed by atoms with Gasteiger partial charge >= 0.3 is 5.97 Å². The van der Waals surface area contributed by atoms with Crippen molar-refractivity contribution in [3.63, 3.8) is 0 Å². The predicted molar refractivity (Wildman–Crippen MR) is 55.4 cm³/mol. The number of nitrogens with one attached hydrogen (secondary N) is 1. The molecule has 2 heterocycles. The summed E-state index contributed by atoms with van der Waals surface area (Å²) in [5.74, 6) is -0.303. The summed E-state index contributed by atoms with van der Waals surface area (Å²) < 4.78 is 5.35. The second-order valence-corrected chi connectivity index (χ2v) is 5.60. The molecule has 2 N–H and O–H groups in total. The molecule has 0 aromatic carbocycles. The van der Waals surface area contributed by atoms with Crippen LogP contribution in [0.3, 0.4) is 0 Å². The lowest BCUT2D eigenvalue weighted by Crippen LogP contribution is -2.54. The summed E-state index contributed by atoms with van der Waals surface area (Å²) in [7, 11) is 0. The molecule has 2 fully saturated rings. The van der Waals surface area contributed by atoms with E-state index in [9.17, 15) is 9.90 Å². The molecule has 0 aromatic rings. The minimum absolute atomic E-state index is 0.285. The molecule has 4 heteroatoms. The van der Waals surface area contributed by atoms with Crippen LogP contribution in [0.1, 0.15) is 40.0 Å². The lowest BCUT2D eigenvalue weighted by Gasteiger charge is -2.32. The highest BCUT2D eigenvalue weighted by atomic mass is 16.6. The summed E-state index contributed by atoms with van der Waals surface area (Å²) in [6, 6.07) is 0.285. The van der Waals surface area contributed by atoms with Crippen molar-refractivity contribution in [2.45, 2.75) is 63.3 Å². The first-order chi connectivity index (χ1) is 6.83. The van der Waals surface area contributed by atoms with Gasteiger partial charge in [0.15, 0.2) is 0 Å². The van der Waals surface area contributed by atoms with Crippen molar-refractivity contribution in [2.24, 2.45) is 0 Å². The van der Waals surface area contributed by atoms with Crippen LogP contribution in [-0.4, -0.2) is 34.4 Å². The molecule has 0 aromatic heterocycles. The summed E-state index contributed by atoms with van der Waals surface area (Å²) in [5.41, 5.74) is -1.31. The molecule has 15 heavy (non-hydrogen) atoms. The minimum Gasteiger partial charge on any atom is -0.459 e. The van der Waals surface area contributed by atoms with Gasteiger partial charge in [-0.25, -0.2) is 4.79 Å². The molecule has 2 rings (SSSR count). The Morgan fingerprint density at radius 3 is 2.60 bits per heavy atom. The zero-order valence-corrected chi connectivity index (χ0v) is 9.54. The molecule has 0 amide bonds. The minimum atomic E-state index is -0.821. The lowest BCUT2D eigenvalue weighted by atomic mass is 9.85. The molecule has 2 aliphatic rings. The molecule has 2 saturated heterocycles. The average Bonchev–Trinajstić information content (AvgIpc) is 2.58. The van der Waals surface area contributed by atoms with E-state index in [1.165, 1.54) is 0 Å². The quantitative estimate of drug-likeness (QED) is 0.626. The van der Waals surface area contributed by atoms with Crippen LogP contribution in [0.2, 0.25) is 0 Å². The van der Waals surface area contributed by atoms with Crippen LogP contribution < -0.4 is 5.32 Å². The molecule has 0 spiro atoms. The van der Waals surface area contributed by atoms with E-state index in [4.69, 9.17) is 4.74 Å². The average molecular weight is 213 g/mol. The Balaban J connectivity index is 2.12. The number of aliphatic hydroxyl groups excluding tert-OH is 1. The summed E-state index contributed by atoms with van der Waals surface area (Å²) in [4.78, 5) is 12.0. The van der Waals surface area contributed by atoms with E-state index in [0.29, 0.717) is 12.8 Å². The summed E-state index contributed by atoms with van der Waals surface area (Å²) >= 11 is 0. The van der Waals surface area contributed by atoms with Crippen LogP contribution in [-0.2, 0) is 9.53 Å². The van der Waals surface area contributed by atoms with Crippen LogP contribution in [0.25, 0.3) is 0 Å². The highest BCUT2D eigenvalue weighted by Crippen LogP contribution is 2.39. The van der Waals surface area contributed by atoms with E-state index in [1.807, 2.05) is 20.8 Å². The maximum absolute atomic E-state index is 12.0. The van der Waals surface area contributed by atoms with Crippen molar-refractivity contribution in [2.75, 3.05) is 0 Å². The highest BCUT2D eigenvalue weighted by molar-refractivity contribution is 5.83. The Morgan fingerprint density at radius 2 is 2.20 bits per heavy atom. The number of rotatable bonds is 1. The number of fused-ring (bicyclic) bond motifs is 2. The van der Waals surface area contributed by atoms with Gasteiger partial charge in [0, 0.05) is 6.04 Å². The number of carbonyl (C=O) groups is 1. The molecular weight excluding hydrogens is 194 g/mol. The fourth-order valence-corrected chi connectivity index (χ4v) is 2.49. The van der Waals surface area contributed by atoms with Gasteiger partial charge in [-0.15, -0.1) is 0 Å². The van der Waals surface area contributed by atoms with Crippen molar-refractivity contribution in [1.82, 2.24) is 5.32 Å². The normalized spacial score (nSPS) is 39.5. The number of aliphatic hydroxyl groups is 1. The second-order valence-electron chi connectivity index (χ2n) is 5.60. The van der Waals surface area contributed by atoms with Crippen LogP contribution in [0.4, 0.5) is 0 Å². The third-order valence-corrected chi connectivity index (χ3v) is 3.19. The van der Waals surface area contributed by atoms with Gasteiger partial charge in [-0.2, -0.15) is 0 Å². The summed E-state index contributed by atoms with van der Waals surface area (Å²) in [6.45, 7) is 5.53. The van der Waals surface area contributed by atoms with Gasteiger partial charge < -0.3 is 9.84 Å². The SMILES string of the molecule is CC(C)(C)OC(=O)[C@]12CCC(C[C@@H]1O)N2. The zero-order valence-electron chi connectivity index (χ0n) is 9.54. The number of hydrogen-bond acceptors (Lipinski definition) is 4. The van der Waals surface area contributed by atoms with Gasteiger partial charge in [0.1, 0.15) is 11.1 Å². The Bertz CT molecular complexity index is 284. The molecule has 0 saturated carbocycles. The second kappa shape index (κ2) is 3.19. The van der Waals surface area contributed by atoms with Gasteiger partial charge in [-0.3, -0.25) is 5.32 Å². The molecule has 86 valence electrons. The van der Waals surface area contributed by atoms with E-state index >= 15 is 0 Å². The number of esters is 1. The van der Waals surface area contributed by atoms with Gasteiger partial charge in [0.25, 0.3) is 0 Å². The molecule has 0 radical (unpaired) electrons. The molecule has 1 unspecified atom stereocenters. The maximum atomic E-state index is 12.0. The zero-order chi connectivity index (χ0) is 11.3. The van der Waals surface area contributed by atoms with E-state index < -0.39 is 17.2 Å². The van der Waals surface area contributed by atoms with E-state index in [-0.39, 0.29) is 12.0 Å². The Hall–Kier alpha value is -0.610. The molecule has 2 bridgehead atoms. The van der Waals surface area contributed by atoms with E-state index in [0.717, 1.165) is 6.42 Å². The van der Waals surface area contributed by atoms with Crippen LogP contribution in [0.15, 0.2) is 0 Å². The lowest BCUT2D eigenvalue weighted by molar-refractivity contribution is -0.166. The molecular formula is C11H19NO3. The fourth-order valence-electron chi connectivity index (χ4n) is 2.49. The van der Waals surface area contributed by atoms with Gasteiger partial charge in [-0.05, 0) is 40.0 Å². The molecule has 0 aliphatic carbocycles. The van der Waals surface area contributed by atoms with Crippen LogP contribution in [0, 0.1) is 0 Å². The van der Waals surface area contributed by atoms with Crippen LogP contribution in [0.5, 0.6) is 0 Å². The van der Waals surface area contributed by atoms with E-state index in [2.05, 4.69) is 5.32 Å². The van der Waals surface area contributed by atoms with Crippen molar-refractivity contribution < 1.29 is 14.6 Å². The Morgan fingerprint density at radius 1 is 1.53 bits per heavy atom. The standard InChI is InChI=1S/C11H19NO3/c1-10(2,3)15-9(14)11-5-4-7(12-11)6-8(11)13/h7-8,12-13H,4-6H2,1-3H3/t7?,8-,11-/m0/s1. The smallest absolute Gasteiger partial charge is 0.329 e. The summed E-state index contributed by atoms with van der Waals surface area (Å²) in [5, 5.41) is 13.1. The number of carbonyl (C=O) groups excluding carboxylic acids is 1. The predicted octanol–water partition coefficient (Wildman–Crippen LogP) is 0.584. The van der Waals surface area contributed by atoms with E-state index in [1.54, 1.807) is 0 Å². The third-order valence-electron chi connectivity index (χ3n) is 3.19. The molecule has 3 atom stereocenters. The summed E-state index contributed by atoms with van der Waals surface area (Å²) in [6.07, 6.45) is 1.72. The molecule has 4 nitrogen and oxygen atoms in total. The van der Waals surface area contributed by atoms with Gasteiger partial charge in [-0.1, -0.05) is 0 Å². The van der Waals surface area contributed by atoms with Crippen molar-refractivity contribution in [3.8, 4) is 0 Å². The van der Waals surface area contributed by atoms with Gasteiger partial charge in [0.2, 0.25) is 0 Å². The largest absolute Gasteiger partial charge is 0.459 e. The van der Waals surface area contributed by atoms with Crippen molar-refractivity contribution >= 4 is 5.97 Å². The molecule has 2 aliphatic heterocycles. The first-order valence-electron chi connectivity index (χ1n) is 5.53. The fraction of sp³-hybridized carbons (Fsp3) is 0.909. The monoisotopic (exact) mass is 213 g/mol. The Labute approximate surface area is 90.0 Å². The Kier molecular flexibility index (Phi) is 2.32. The van der Waals surface area contributed by atoms with Crippen LogP contribution >= 0.6 is 0 Å². The van der Waals surface area contributed by atoms with Crippen molar-refractivity contribution in [1.29, 1.82) is 0 Å². The maximum Gasteiger partial charge on any atom is 0.329 e. The number of hydrogen-bond donors (Lipinski definition) is 2. The van der Waals surface area contributed by atoms with Gasteiger partial charge in [0.05, 0.1) is 6.10 Å². The highest BCUT2D eigenvalue weighted by Gasteiger charge is 2.57. The topological polar surface area (TPSA) is 58.6 Å². The number of ether oxygens (including phenoxy) is 1.